The molecule has 2 unspecified atom stereocenters. The Morgan fingerprint density at radius 1 is 0.741 bits per heavy atom. The molecular weight excluding hydrogens is 356 g/mol. The fraction of sp³-hybridized carbons (Fsp3) is 0.760. The van der Waals surface area contributed by atoms with Gasteiger partial charge in [0.2, 0.25) is 0 Å². The molecule has 156 valence electrons. The number of rotatable bonds is 6. The molecule has 27 heavy (non-hydrogen) atoms. The Kier molecular flexibility index (Phi) is 5.66. The Labute approximate surface area is 179 Å². The van der Waals surface area contributed by atoms with Crippen LogP contribution >= 0.6 is 0 Å². The smallest absolute Gasteiger partial charge is 0.0482 e. The zero-order valence-electron chi connectivity index (χ0n) is 24.4. The molecule has 0 spiro atoms. The van der Waals surface area contributed by atoms with Crippen molar-refractivity contribution in [1.82, 2.24) is 0 Å². The van der Waals surface area contributed by atoms with Crippen molar-refractivity contribution in [2.24, 2.45) is 10.8 Å². The number of hydrogen-bond donors (Lipinski definition) is 0. The molecule has 0 radical (unpaired) electrons. The van der Waals surface area contributed by atoms with E-state index in [1.165, 1.54) is 0 Å². The standard InChI is InChI=1S/C25H48Si2/c1-19-20(17-22(24(2,3)4)26(8,9)10)15-14-16-21(19)18-23(25(5,6)7)27(11,12)13/h14-16,22-23H,17-18H2,1-13H3/i17D2,18D2. The highest BCUT2D eigenvalue weighted by molar-refractivity contribution is 6.78. The molecule has 0 N–H and O–H groups in total. The quantitative estimate of drug-likeness (QED) is 0.413. The highest BCUT2D eigenvalue weighted by Crippen LogP contribution is 2.44. The SMILES string of the molecule is [2H]C([2H])(c1cccc(C([2H])([2H])C(C(C)(C)C)[Si](C)(C)C)c1C)C(C(C)(C)C)[Si](C)(C)C. The first-order valence-electron chi connectivity index (χ1n) is 12.5. The molecule has 2 atom stereocenters. The molecule has 0 saturated carbocycles. The molecule has 0 aliphatic heterocycles. The first kappa shape index (κ1) is 18.7. The van der Waals surface area contributed by atoms with Crippen molar-refractivity contribution in [2.75, 3.05) is 0 Å². The molecule has 0 fully saturated rings. The van der Waals surface area contributed by atoms with Crippen LogP contribution in [-0.4, -0.2) is 16.1 Å². The van der Waals surface area contributed by atoms with Gasteiger partial charge in [-0.3, -0.25) is 0 Å². The van der Waals surface area contributed by atoms with E-state index in [1.807, 2.05) is 25.1 Å². The van der Waals surface area contributed by atoms with Crippen LogP contribution in [0.15, 0.2) is 18.2 Å². The topological polar surface area (TPSA) is 0 Å². The van der Waals surface area contributed by atoms with Crippen molar-refractivity contribution in [3.05, 3.63) is 34.9 Å². The van der Waals surface area contributed by atoms with Crippen LogP contribution in [0.4, 0.5) is 0 Å². The lowest BCUT2D eigenvalue weighted by Crippen LogP contribution is -2.38. The van der Waals surface area contributed by atoms with E-state index in [0.717, 1.165) is 5.56 Å². The van der Waals surface area contributed by atoms with Crippen molar-refractivity contribution in [2.45, 2.75) is 112 Å². The number of hydrogen-bond acceptors (Lipinski definition) is 0. The third kappa shape index (κ3) is 6.89. The summed E-state index contributed by atoms with van der Waals surface area (Å²) in [6.45, 7) is 28.3. The summed E-state index contributed by atoms with van der Waals surface area (Å²) in [5.74, 6) is 0. The maximum atomic E-state index is 9.32. The van der Waals surface area contributed by atoms with E-state index in [2.05, 4.69) is 80.8 Å². The van der Waals surface area contributed by atoms with Gasteiger partial charge in [-0.1, -0.05) is 99.0 Å². The zero-order valence-corrected chi connectivity index (χ0v) is 22.4. The van der Waals surface area contributed by atoms with Crippen LogP contribution in [0.2, 0.25) is 50.4 Å². The van der Waals surface area contributed by atoms with Gasteiger partial charge in [0.15, 0.2) is 0 Å². The van der Waals surface area contributed by atoms with E-state index in [1.54, 1.807) is 0 Å². The Balaban J connectivity index is 3.82. The van der Waals surface area contributed by atoms with Crippen LogP contribution in [-0.2, 0) is 12.7 Å². The van der Waals surface area contributed by atoms with Crippen LogP contribution in [0, 0.1) is 17.8 Å². The van der Waals surface area contributed by atoms with E-state index in [9.17, 15) is 5.48 Å². The van der Waals surface area contributed by atoms with E-state index in [-0.39, 0.29) is 21.9 Å². The Morgan fingerprint density at radius 3 is 1.26 bits per heavy atom. The maximum absolute atomic E-state index is 9.32. The summed E-state index contributed by atoms with van der Waals surface area (Å²) in [6, 6.07) is 5.67. The van der Waals surface area contributed by atoms with E-state index in [4.69, 9.17) is 0 Å². The number of benzene rings is 1. The van der Waals surface area contributed by atoms with Crippen molar-refractivity contribution >= 4 is 16.1 Å². The summed E-state index contributed by atoms with van der Waals surface area (Å²) in [5.41, 5.74) is 1.57. The van der Waals surface area contributed by atoms with E-state index < -0.39 is 28.9 Å². The Hall–Kier alpha value is -0.346. The van der Waals surface area contributed by atoms with Gasteiger partial charge in [0.05, 0.1) is 0 Å². The van der Waals surface area contributed by atoms with Crippen LogP contribution in [0.1, 0.15) is 63.7 Å². The lowest BCUT2D eigenvalue weighted by atomic mass is 9.84. The monoisotopic (exact) mass is 408 g/mol. The minimum atomic E-state index is -1.87. The molecule has 2 heteroatoms. The molecule has 0 bridgehead atoms. The average molecular weight is 409 g/mol. The van der Waals surface area contributed by atoms with Gasteiger partial charge in [0.25, 0.3) is 0 Å². The molecule has 0 saturated heterocycles. The van der Waals surface area contributed by atoms with Crippen molar-refractivity contribution in [3.8, 4) is 0 Å². The predicted octanol–water partition coefficient (Wildman–Crippen LogP) is 8.59. The fourth-order valence-corrected chi connectivity index (χ4v) is 11.1. The molecule has 0 aliphatic rings. The van der Waals surface area contributed by atoms with Crippen molar-refractivity contribution in [3.63, 3.8) is 0 Å². The second-order valence-corrected chi connectivity index (χ2v) is 23.2. The molecular formula is C25H48Si2. The second kappa shape index (κ2) is 8.18. The third-order valence-corrected chi connectivity index (χ3v) is 10.9. The zero-order chi connectivity index (χ0) is 25.0. The van der Waals surface area contributed by atoms with Crippen LogP contribution in [0.5, 0.6) is 0 Å². The average Bonchev–Trinajstić information content (AvgIpc) is 2.38. The van der Waals surface area contributed by atoms with Gasteiger partial charge in [-0.05, 0) is 58.3 Å². The second-order valence-electron chi connectivity index (χ2n) is 12.6. The van der Waals surface area contributed by atoms with Crippen LogP contribution in [0.3, 0.4) is 0 Å². The predicted molar refractivity (Wildman–Crippen MR) is 132 cm³/mol. The first-order chi connectivity index (χ1) is 13.4. The van der Waals surface area contributed by atoms with Gasteiger partial charge in [0, 0.05) is 21.6 Å². The van der Waals surface area contributed by atoms with Gasteiger partial charge in [-0.25, -0.2) is 0 Å². The third-order valence-electron chi connectivity index (χ3n) is 5.40. The molecule has 1 rings (SSSR count). The van der Waals surface area contributed by atoms with E-state index in [0.29, 0.717) is 11.1 Å². The fourth-order valence-electron chi connectivity index (χ4n) is 4.72. The normalized spacial score (nSPS) is 19.6. The largest absolute Gasteiger partial charge is 0.0693 e. The Morgan fingerprint density at radius 2 is 1.04 bits per heavy atom. The summed E-state index contributed by atoms with van der Waals surface area (Å²) in [6.07, 6.45) is -3.04. The van der Waals surface area contributed by atoms with Crippen LogP contribution < -0.4 is 0 Å². The minimum absolute atomic E-state index is 0.0947. The summed E-state index contributed by atoms with van der Waals surface area (Å²) < 4.78 is 37.3. The summed E-state index contributed by atoms with van der Waals surface area (Å²) in [7, 11) is -3.74. The lowest BCUT2D eigenvalue weighted by molar-refractivity contribution is 0.365. The van der Waals surface area contributed by atoms with E-state index >= 15 is 0 Å². The summed E-state index contributed by atoms with van der Waals surface area (Å²) >= 11 is 0. The molecule has 1 aromatic rings. The minimum Gasteiger partial charge on any atom is -0.0693 e. The van der Waals surface area contributed by atoms with Gasteiger partial charge in [-0.15, -0.1) is 0 Å². The first-order valence-corrected chi connectivity index (χ1v) is 17.6. The highest BCUT2D eigenvalue weighted by atomic mass is 28.3. The molecule has 0 aromatic heterocycles. The van der Waals surface area contributed by atoms with Gasteiger partial charge in [-0.2, -0.15) is 0 Å². The molecule has 0 heterocycles. The lowest BCUT2D eigenvalue weighted by Gasteiger charge is -2.41. The highest BCUT2D eigenvalue weighted by Gasteiger charge is 2.38. The molecule has 1 aromatic carbocycles. The van der Waals surface area contributed by atoms with Gasteiger partial charge < -0.3 is 0 Å². The maximum Gasteiger partial charge on any atom is 0.0482 e. The molecule has 0 amide bonds. The van der Waals surface area contributed by atoms with Crippen molar-refractivity contribution in [1.29, 1.82) is 0 Å². The van der Waals surface area contributed by atoms with Gasteiger partial charge in [0.1, 0.15) is 0 Å². The molecule has 0 aliphatic carbocycles. The Bertz CT molecular complexity index is 682. The van der Waals surface area contributed by atoms with Crippen molar-refractivity contribution < 1.29 is 5.48 Å². The summed E-state index contributed by atoms with van der Waals surface area (Å²) in [5, 5.41) is 0. The molecule has 0 nitrogen and oxygen atoms in total. The van der Waals surface area contributed by atoms with Gasteiger partial charge >= 0.3 is 0 Å². The van der Waals surface area contributed by atoms with Crippen LogP contribution in [0.25, 0.3) is 0 Å². The summed E-state index contributed by atoms with van der Waals surface area (Å²) in [4.78, 5) is 0.